The fraction of sp³-hybridized carbons (Fsp3) is 1.00. The molecule has 0 aromatic carbocycles. The topological polar surface area (TPSA) is 16.2 Å². The van der Waals surface area contributed by atoms with Crippen LogP contribution in [0.5, 0.6) is 0 Å². The van der Waals surface area contributed by atoms with Gasteiger partial charge in [-0.2, -0.15) is 0 Å². The molecule has 486 valence electrons. The fourth-order valence-electron chi connectivity index (χ4n) is 13.9. The van der Waals surface area contributed by atoms with Crippen molar-refractivity contribution in [3.05, 3.63) is 0 Å². The van der Waals surface area contributed by atoms with Crippen molar-refractivity contribution in [1.29, 1.82) is 0 Å². The number of nitrogens with zero attached hydrogens (tertiary/aromatic N) is 5. The molecule has 1 fully saturated rings. The monoisotopic (exact) mass is 1140 g/mol. The standard InChI is InChI=1S/C76H157N5/c1-11-17-22-27-32-37-42-47-52-72(7)67-80(68-73(8)53-48-43-38-33-28-23-18-12-2)65-62-78-59-57-77(58-60-78)61-63-79(71-76(16-6)56-51-46-41-36-31-26-21-15-5)64-66-81(69-74(9)54-49-44-39-34-29-24-19-13-3)70-75(10)55-50-45-40-35-30-25-20-14-4/h72-76H,11-71H2,1-10H3. The number of rotatable bonds is 65. The van der Waals surface area contributed by atoms with Crippen LogP contribution in [0.25, 0.3) is 0 Å². The molecule has 0 aliphatic carbocycles. The molecule has 0 aromatic rings. The van der Waals surface area contributed by atoms with Gasteiger partial charge in [0.15, 0.2) is 0 Å². The highest BCUT2D eigenvalue weighted by Gasteiger charge is 2.23. The second kappa shape index (κ2) is 60.1. The molecular weight excluding hydrogens is 983 g/mol. The number of hydrogen-bond acceptors (Lipinski definition) is 5. The van der Waals surface area contributed by atoms with Gasteiger partial charge < -0.3 is 14.7 Å². The first-order chi connectivity index (χ1) is 39.7. The molecule has 0 spiro atoms. The summed E-state index contributed by atoms with van der Waals surface area (Å²) in [5, 5.41) is 0. The van der Waals surface area contributed by atoms with Gasteiger partial charge in [0.05, 0.1) is 0 Å². The second-order valence-corrected chi connectivity index (χ2v) is 28.5. The van der Waals surface area contributed by atoms with Crippen LogP contribution in [0.1, 0.15) is 365 Å². The quantitative estimate of drug-likeness (QED) is 0.0563. The minimum atomic E-state index is 0.800. The zero-order chi connectivity index (χ0) is 58.9. The van der Waals surface area contributed by atoms with Gasteiger partial charge in [-0.3, -0.25) is 9.80 Å². The first-order valence-corrected chi connectivity index (χ1v) is 38.3. The van der Waals surface area contributed by atoms with Gasteiger partial charge in [-0.1, -0.05) is 332 Å². The maximum absolute atomic E-state index is 2.99. The Morgan fingerprint density at radius 2 is 0.469 bits per heavy atom. The van der Waals surface area contributed by atoms with E-state index in [4.69, 9.17) is 0 Å². The molecule has 5 heteroatoms. The van der Waals surface area contributed by atoms with Gasteiger partial charge in [-0.25, -0.2) is 0 Å². The Kier molecular flexibility index (Phi) is 58.5. The average Bonchev–Trinajstić information content (AvgIpc) is 3.46. The fourth-order valence-corrected chi connectivity index (χ4v) is 13.9. The van der Waals surface area contributed by atoms with Crippen LogP contribution in [0, 0.1) is 29.6 Å². The molecule has 0 bridgehead atoms. The van der Waals surface area contributed by atoms with Crippen molar-refractivity contribution >= 4 is 0 Å². The SMILES string of the molecule is CCCCCCCCCCC(C)CN(CCN1CCN(CCN(CCN(CC(C)CCCCCCCCCC)CC(C)CCCCCCCCCC)CC(CC)CCCCCCCCCC)CC1)CC(C)CCCCCCCCCC. The molecule has 0 radical (unpaired) electrons. The molecule has 1 aliphatic rings. The van der Waals surface area contributed by atoms with E-state index < -0.39 is 0 Å². The molecule has 0 N–H and O–H groups in total. The molecule has 5 atom stereocenters. The van der Waals surface area contributed by atoms with E-state index in [-0.39, 0.29) is 0 Å². The number of hydrogen-bond donors (Lipinski definition) is 0. The molecule has 0 aromatic heterocycles. The van der Waals surface area contributed by atoms with Crippen molar-refractivity contribution in [3.8, 4) is 0 Å². The Bertz CT molecular complexity index is 1150. The molecule has 0 amide bonds. The van der Waals surface area contributed by atoms with Crippen molar-refractivity contribution in [3.63, 3.8) is 0 Å². The Balaban J connectivity index is 2.99. The van der Waals surface area contributed by atoms with Crippen LogP contribution in [0.4, 0.5) is 0 Å². The van der Waals surface area contributed by atoms with Crippen molar-refractivity contribution in [2.24, 2.45) is 29.6 Å². The normalized spacial score (nSPS) is 15.7. The maximum Gasteiger partial charge on any atom is 0.0110 e. The minimum absolute atomic E-state index is 0.800. The summed E-state index contributed by atoms with van der Waals surface area (Å²) in [6, 6.07) is 0. The largest absolute Gasteiger partial charge is 0.302 e. The van der Waals surface area contributed by atoms with Gasteiger partial charge in [-0.05, 0) is 61.7 Å². The summed E-state index contributed by atoms with van der Waals surface area (Å²) in [5.41, 5.74) is 0. The van der Waals surface area contributed by atoms with E-state index in [0.29, 0.717) is 0 Å². The summed E-state index contributed by atoms with van der Waals surface area (Å²) < 4.78 is 0. The van der Waals surface area contributed by atoms with Crippen LogP contribution in [0.2, 0.25) is 0 Å². The van der Waals surface area contributed by atoms with Crippen LogP contribution < -0.4 is 0 Å². The Morgan fingerprint density at radius 1 is 0.247 bits per heavy atom. The molecule has 1 rings (SSSR count). The lowest BCUT2D eigenvalue weighted by Gasteiger charge is -2.38. The Hall–Kier alpha value is -0.200. The van der Waals surface area contributed by atoms with Gasteiger partial charge in [0.25, 0.3) is 0 Å². The summed E-state index contributed by atoms with van der Waals surface area (Å²) in [6.07, 6.45) is 65.8. The molecule has 1 heterocycles. The van der Waals surface area contributed by atoms with Gasteiger partial charge in [0.1, 0.15) is 0 Å². The molecular formula is C76H157N5. The van der Waals surface area contributed by atoms with E-state index in [1.807, 2.05) is 0 Å². The van der Waals surface area contributed by atoms with E-state index >= 15 is 0 Å². The number of piperazine rings is 1. The predicted octanol–water partition coefficient (Wildman–Crippen LogP) is 22.7. The van der Waals surface area contributed by atoms with Crippen LogP contribution in [-0.2, 0) is 0 Å². The van der Waals surface area contributed by atoms with Crippen molar-refractivity contribution in [2.75, 3.05) is 98.2 Å². The van der Waals surface area contributed by atoms with Crippen LogP contribution in [-0.4, -0.2) is 123 Å². The third-order valence-electron chi connectivity index (χ3n) is 19.7. The summed E-state index contributed by atoms with van der Waals surface area (Å²) in [6.45, 7) is 43.7. The van der Waals surface area contributed by atoms with Crippen molar-refractivity contribution < 1.29 is 0 Å². The average molecular weight is 1140 g/mol. The van der Waals surface area contributed by atoms with Crippen LogP contribution in [0.15, 0.2) is 0 Å². The third kappa shape index (κ3) is 51.5. The lowest BCUT2D eigenvalue weighted by Crippen LogP contribution is -2.51. The summed E-state index contributed by atoms with van der Waals surface area (Å²) in [4.78, 5) is 14.6. The van der Waals surface area contributed by atoms with Crippen molar-refractivity contribution in [2.45, 2.75) is 365 Å². The Labute approximate surface area is 514 Å². The van der Waals surface area contributed by atoms with Gasteiger partial charge in [0, 0.05) is 98.2 Å². The zero-order valence-corrected chi connectivity index (χ0v) is 58.3. The van der Waals surface area contributed by atoms with E-state index in [1.165, 1.54) is 394 Å². The highest BCUT2D eigenvalue weighted by atomic mass is 15.3. The van der Waals surface area contributed by atoms with E-state index in [9.17, 15) is 0 Å². The molecule has 1 saturated heterocycles. The Morgan fingerprint density at radius 3 is 0.741 bits per heavy atom. The lowest BCUT2D eigenvalue weighted by molar-refractivity contribution is 0.0940. The second-order valence-electron chi connectivity index (χ2n) is 28.5. The summed E-state index contributed by atoms with van der Waals surface area (Å²) in [5.74, 6) is 4.06. The molecule has 81 heavy (non-hydrogen) atoms. The highest BCUT2D eigenvalue weighted by molar-refractivity contribution is 4.78. The molecule has 0 saturated carbocycles. The minimum Gasteiger partial charge on any atom is -0.302 e. The summed E-state index contributed by atoms with van der Waals surface area (Å²) >= 11 is 0. The molecule has 1 aliphatic heterocycles. The van der Waals surface area contributed by atoms with Gasteiger partial charge >= 0.3 is 0 Å². The first kappa shape index (κ1) is 78.8. The molecule has 5 unspecified atom stereocenters. The van der Waals surface area contributed by atoms with E-state index in [0.717, 1.165) is 29.6 Å². The van der Waals surface area contributed by atoms with Gasteiger partial charge in [-0.15, -0.1) is 0 Å². The van der Waals surface area contributed by atoms with Crippen LogP contribution >= 0.6 is 0 Å². The summed E-state index contributed by atoms with van der Waals surface area (Å²) in [7, 11) is 0. The maximum atomic E-state index is 2.99. The van der Waals surface area contributed by atoms with E-state index in [1.54, 1.807) is 0 Å². The van der Waals surface area contributed by atoms with Crippen LogP contribution in [0.3, 0.4) is 0 Å². The zero-order valence-electron chi connectivity index (χ0n) is 58.3. The molecule has 5 nitrogen and oxygen atoms in total. The van der Waals surface area contributed by atoms with Crippen molar-refractivity contribution in [1.82, 2.24) is 24.5 Å². The van der Waals surface area contributed by atoms with E-state index in [2.05, 4.69) is 93.7 Å². The first-order valence-electron chi connectivity index (χ1n) is 38.3. The van der Waals surface area contributed by atoms with Gasteiger partial charge in [0.2, 0.25) is 0 Å². The smallest absolute Gasteiger partial charge is 0.0110 e. The highest BCUT2D eigenvalue weighted by Crippen LogP contribution is 2.22. The third-order valence-corrected chi connectivity index (χ3v) is 19.7. The lowest BCUT2D eigenvalue weighted by atomic mass is 9.97. The predicted molar refractivity (Wildman–Crippen MR) is 369 cm³/mol. The number of unbranched alkanes of at least 4 members (excludes halogenated alkanes) is 35.